The van der Waals surface area contributed by atoms with Crippen LogP contribution in [0.5, 0.6) is 0 Å². The third kappa shape index (κ3) is 4.78. The van der Waals surface area contributed by atoms with Crippen molar-refractivity contribution in [1.29, 1.82) is 0 Å². The molecule has 9 heteroatoms. The van der Waals surface area contributed by atoms with Gasteiger partial charge in [-0.05, 0) is 50.4 Å². The number of pyridine rings is 1. The summed E-state index contributed by atoms with van der Waals surface area (Å²) in [6.07, 6.45) is 1.34. The summed E-state index contributed by atoms with van der Waals surface area (Å²) in [5.41, 5.74) is 0.427. The quantitative estimate of drug-likeness (QED) is 0.525. The molecule has 2 aromatic rings. The van der Waals surface area contributed by atoms with Gasteiger partial charge in [-0.15, -0.1) is 0 Å². The Morgan fingerprint density at radius 3 is 2.32 bits per heavy atom. The number of thioether (sulfide) groups is 1. The number of benzene rings is 1. The van der Waals surface area contributed by atoms with Crippen molar-refractivity contribution >= 4 is 27.6 Å². The Kier molecular flexibility index (Phi) is 6.49. The lowest BCUT2D eigenvalue weighted by Gasteiger charge is -2.31. The number of ketones is 1. The zero-order chi connectivity index (χ0) is 20.3. The summed E-state index contributed by atoms with van der Waals surface area (Å²) < 4.78 is 39.9. The fourth-order valence-corrected chi connectivity index (χ4v) is 5.08. The van der Waals surface area contributed by atoms with Gasteiger partial charge >= 0.3 is 0 Å². The van der Waals surface area contributed by atoms with E-state index in [4.69, 9.17) is 0 Å². The van der Waals surface area contributed by atoms with Gasteiger partial charge in [0.1, 0.15) is 10.7 Å². The van der Waals surface area contributed by atoms with Crippen molar-refractivity contribution in [3.63, 3.8) is 0 Å². The van der Waals surface area contributed by atoms with E-state index in [1.165, 1.54) is 52.6 Å². The zero-order valence-corrected chi connectivity index (χ0v) is 17.3. The highest BCUT2D eigenvalue weighted by Crippen LogP contribution is 2.26. The Hall–Kier alpha value is -1.81. The SMILES string of the molecule is CC(Sc1ccc(S(=O)(=O)N2CCN(C)CC2)cn1)C(=O)c1ccc(F)cc1. The highest BCUT2D eigenvalue weighted by Gasteiger charge is 2.28. The molecule has 0 N–H and O–H groups in total. The second-order valence-electron chi connectivity index (χ2n) is 6.67. The molecule has 150 valence electrons. The first kappa shape index (κ1) is 20.9. The van der Waals surface area contributed by atoms with Gasteiger partial charge in [0, 0.05) is 37.9 Å². The number of sulfonamides is 1. The van der Waals surface area contributed by atoms with E-state index in [1.54, 1.807) is 13.0 Å². The first-order chi connectivity index (χ1) is 13.3. The number of piperazine rings is 1. The van der Waals surface area contributed by atoms with Crippen LogP contribution in [0.3, 0.4) is 0 Å². The lowest BCUT2D eigenvalue weighted by atomic mass is 10.1. The van der Waals surface area contributed by atoms with Crippen LogP contribution in [-0.2, 0) is 10.0 Å². The molecule has 1 unspecified atom stereocenters. The molecule has 0 amide bonds. The van der Waals surface area contributed by atoms with Gasteiger partial charge in [-0.1, -0.05) is 11.8 Å². The average Bonchev–Trinajstić information content (AvgIpc) is 2.69. The fourth-order valence-electron chi connectivity index (χ4n) is 2.85. The molecule has 0 aliphatic carbocycles. The van der Waals surface area contributed by atoms with Crippen molar-refractivity contribution < 1.29 is 17.6 Å². The molecule has 0 radical (unpaired) electrons. The van der Waals surface area contributed by atoms with E-state index in [2.05, 4.69) is 9.88 Å². The minimum atomic E-state index is -3.56. The summed E-state index contributed by atoms with van der Waals surface area (Å²) in [5.74, 6) is -0.531. The molecule has 1 atom stereocenters. The lowest BCUT2D eigenvalue weighted by molar-refractivity contribution is 0.0994. The highest BCUT2D eigenvalue weighted by atomic mass is 32.2. The Labute approximate surface area is 168 Å². The molecule has 6 nitrogen and oxygen atoms in total. The first-order valence-corrected chi connectivity index (χ1v) is 11.2. The Morgan fingerprint density at radius 2 is 1.75 bits per heavy atom. The first-order valence-electron chi connectivity index (χ1n) is 8.88. The summed E-state index contributed by atoms with van der Waals surface area (Å²) in [6.45, 7) is 4.05. The molecule has 1 saturated heterocycles. The average molecular weight is 424 g/mol. The minimum absolute atomic E-state index is 0.138. The number of halogens is 1. The van der Waals surface area contributed by atoms with E-state index in [0.717, 1.165) is 0 Å². The number of carbonyl (C=O) groups is 1. The third-order valence-corrected chi connectivity index (χ3v) is 7.54. The summed E-state index contributed by atoms with van der Waals surface area (Å²) >= 11 is 1.24. The van der Waals surface area contributed by atoms with Crippen LogP contribution in [-0.4, -0.2) is 66.9 Å². The summed E-state index contributed by atoms with van der Waals surface area (Å²) in [7, 11) is -1.60. The lowest BCUT2D eigenvalue weighted by Crippen LogP contribution is -2.47. The second kappa shape index (κ2) is 8.69. The van der Waals surface area contributed by atoms with Crippen molar-refractivity contribution in [2.45, 2.75) is 22.1 Å². The van der Waals surface area contributed by atoms with Gasteiger partial charge in [-0.2, -0.15) is 4.31 Å². The maximum absolute atomic E-state index is 13.0. The Bertz CT molecular complexity index is 926. The van der Waals surface area contributed by atoms with Crippen LogP contribution in [0.25, 0.3) is 0 Å². The Morgan fingerprint density at radius 1 is 1.11 bits per heavy atom. The van der Waals surface area contributed by atoms with Gasteiger partial charge < -0.3 is 4.90 Å². The maximum atomic E-state index is 13.0. The minimum Gasteiger partial charge on any atom is -0.304 e. The standard InChI is InChI=1S/C19H22FN3O3S2/c1-14(19(24)15-3-5-16(20)6-4-15)27-18-8-7-17(13-21-18)28(25,26)23-11-9-22(2)10-12-23/h3-8,13-14H,9-12H2,1-2H3. The maximum Gasteiger partial charge on any atom is 0.244 e. The molecule has 0 spiro atoms. The second-order valence-corrected chi connectivity index (χ2v) is 9.97. The van der Waals surface area contributed by atoms with E-state index in [-0.39, 0.29) is 10.7 Å². The van der Waals surface area contributed by atoms with Gasteiger partial charge in [-0.3, -0.25) is 4.79 Å². The normalized spacial score (nSPS) is 17.4. The molecule has 1 aliphatic heterocycles. The predicted octanol–water partition coefficient (Wildman–Crippen LogP) is 2.52. The molecule has 0 saturated carbocycles. The van der Waals surface area contributed by atoms with Crippen LogP contribution in [0, 0.1) is 5.82 Å². The van der Waals surface area contributed by atoms with Crippen LogP contribution in [0.2, 0.25) is 0 Å². The highest BCUT2D eigenvalue weighted by molar-refractivity contribution is 8.00. The van der Waals surface area contributed by atoms with Gasteiger partial charge in [0.2, 0.25) is 10.0 Å². The molecule has 1 fully saturated rings. The van der Waals surface area contributed by atoms with Gasteiger partial charge in [0.25, 0.3) is 0 Å². The molecule has 1 aromatic heterocycles. The van der Waals surface area contributed by atoms with Crippen molar-refractivity contribution in [2.24, 2.45) is 0 Å². The van der Waals surface area contributed by atoms with E-state index < -0.39 is 21.1 Å². The summed E-state index contributed by atoms with van der Waals surface area (Å²) in [6, 6.07) is 8.55. The van der Waals surface area contributed by atoms with Crippen LogP contribution in [0.4, 0.5) is 4.39 Å². The number of carbonyl (C=O) groups excluding carboxylic acids is 1. The molecular weight excluding hydrogens is 401 g/mol. The van der Waals surface area contributed by atoms with Gasteiger partial charge in [-0.25, -0.2) is 17.8 Å². The van der Waals surface area contributed by atoms with Crippen molar-refractivity contribution in [1.82, 2.24) is 14.2 Å². The zero-order valence-electron chi connectivity index (χ0n) is 15.7. The summed E-state index contributed by atoms with van der Waals surface area (Å²) in [5, 5.41) is 0.123. The smallest absolute Gasteiger partial charge is 0.244 e. The molecular formula is C19H22FN3O3S2. The Balaban J connectivity index is 1.67. The van der Waals surface area contributed by atoms with Crippen LogP contribution in [0.1, 0.15) is 17.3 Å². The molecule has 1 aromatic carbocycles. The van der Waals surface area contributed by atoms with E-state index in [0.29, 0.717) is 36.8 Å². The van der Waals surface area contributed by atoms with Crippen molar-refractivity contribution in [3.8, 4) is 0 Å². The number of rotatable bonds is 6. The van der Waals surface area contributed by atoms with Crippen LogP contribution >= 0.6 is 11.8 Å². The number of hydrogen-bond donors (Lipinski definition) is 0. The molecule has 28 heavy (non-hydrogen) atoms. The van der Waals surface area contributed by atoms with Crippen molar-refractivity contribution in [3.05, 3.63) is 54.0 Å². The van der Waals surface area contributed by atoms with Gasteiger partial charge in [0.05, 0.1) is 10.3 Å². The topological polar surface area (TPSA) is 70.6 Å². The number of Topliss-reactive ketones (excluding diaryl/α,β-unsaturated/α-hetero) is 1. The molecule has 3 rings (SSSR count). The van der Waals surface area contributed by atoms with E-state index >= 15 is 0 Å². The summed E-state index contributed by atoms with van der Waals surface area (Å²) in [4.78, 5) is 18.9. The number of likely N-dealkylation sites (N-methyl/N-ethyl adjacent to an activating group) is 1. The monoisotopic (exact) mass is 423 g/mol. The largest absolute Gasteiger partial charge is 0.304 e. The predicted molar refractivity (Wildman–Crippen MR) is 107 cm³/mol. The van der Waals surface area contributed by atoms with Crippen LogP contribution < -0.4 is 0 Å². The fraction of sp³-hybridized carbons (Fsp3) is 0.368. The third-order valence-electron chi connectivity index (χ3n) is 4.60. The van der Waals surface area contributed by atoms with E-state index in [1.807, 2.05) is 7.05 Å². The molecule has 0 bridgehead atoms. The number of nitrogens with zero attached hydrogens (tertiary/aromatic N) is 3. The molecule has 2 heterocycles. The van der Waals surface area contributed by atoms with Crippen LogP contribution in [0.15, 0.2) is 52.5 Å². The van der Waals surface area contributed by atoms with Crippen molar-refractivity contribution in [2.75, 3.05) is 33.2 Å². The van der Waals surface area contributed by atoms with Gasteiger partial charge in [0.15, 0.2) is 5.78 Å². The number of aromatic nitrogens is 1. The number of hydrogen-bond acceptors (Lipinski definition) is 6. The van der Waals surface area contributed by atoms with E-state index in [9.17, 15) is 17.6 Å². The molecule has 1 aliphatic rings.